The number of benzene rings is 9. The second-order valence-electron chi connectivity index (χ2n) is 14.4. The first-order valence-corrected chi connectivity index (χ1v) is 19.7. The summed E-state index contributed by atoms with van der Waals surface area (Å²) in [7, 11) is 0. The van der Waals surface area contributed by atoms with Crippen molar-refractivity contribution < 1.29 is 8.83 Å². The first-order valence-electron chi connectivity index (χ1n) is 18.9. The van der Waals surface area contributed by atoms with Gasteiger partial charge in [0.05, 0.1) is 15.8 Å². The van der Waals surface area contributed by atoms with Crippen molar-refractivity contribution in [3.8, 4) is 22.3 Å². The lowest BCUT2D eigenvalue weighted by Gasteiger charge is -2.27. The van der Waals surface area contributed by atoms with Crippen LogP contribution in [0.3, 0.4) is 0 Å². The van der Waals surface area contributed by atoms with Crippen molar-refractivity contribution in [3.05, 3.63) is 188 Å². The SMILES string of the molecule is c1cc(-c2cccc3oc4ccc5c6ccccc6oc5c4c23)cc(N(c2ccc(-c3cccc4ccccc34)cc2)c2cccc3c2sc2ccccc23)c1. The van der Waals surface area contributed by atoms with Gasteiger partial charge in [-0.2, -0.15) is 0 Å². The molecule has 0 spiro atoms. The molecule has 0 aliphatic carbocycles. The fraction of sp³-hybridized carbons (Fsp3) is 0. The van der Waals surface area contributed by atoms with E-state index in [9.17, 15) is 0 Å². The molecule has 0 N–H and O–H groups in total. The zero-order valence-corrected chi connectivity index (χ0v) is 30.9. The maximum atomic E-state index is 6.56. The number of fused-ring (bicyclic) bond motifs is 11. The lowest BCUT2D eigenvalue weighted by atomic mass is 9.97. The third kappa shape index (κ3) is 4.70. The molecule has 56 heavy (non-hydrogen) atoms. The lowest BCUT2D eigenvalue weighted by Crippen LogP contribution is -2.10. The van der Waals surface area contributed by atoms with E-state index in [-0.39, 0.29) is 0 Å². The van der Waals surface area contributed by atoms with Crippen LogP contribution in [0.1, 0.15) is 0 Å². The zero-order chi connectivity index (χ0) is 36.7. The van der Waals surface area contributed by atoms with E-state index in [0.29, 0.717) is 0 Å². The van der Waals surface area contributed by atoms with Crippen molar-refractivity contribution in [2.75, 3.05) is 4.90 Å². The molecule has 0 radical (unpaired) electrons. The van der Waals surface area contributed by atoms with Gasteiger partial charge in [0, 0.05) is 43.0 Å². The van der Waals surface area contributed by atoms with E-state index in [4.69, 9.17) is 8.83 Å². The Kier molecular flexibility index (Phi) is 6.80. The Labute approximate surface area is 325 Å². The highest BCUT2D eigenvalue weighted by Gasteiger charge is 2.22. The Hall–Kier alpha value is -7.14. The highest BCUT2D eigenvalue weighted by Crippen LogP contribution is 2.47. The van der Waals surface area contributed by atoms with E-state index in [1.807, 2.05) is 23.5 Å². The Bertz CT molecular complexity index is 3490. The lowest BCUT2D eigenvalue weighted by molar-refractivity contribution is 0.663. The van der Waals surface area contributed by atoms with Crippen LogP contribution in [0.25, 0.3) is 97.1 Å². The number of para-hydroxylation sites is 1. The summed E-state index contributed by atoms with van der Waals surface area (Å²) < 4.78 is 15.6. The number of hydrogen-bond donors (Lipinski definition) is 0. The second-order valence-corrected chi connectivity index (χ2v) is 15.5. The van der Waals surface area contributed by atoms with Crippen molar-refractivity contribution in [2.24, 2.45) is 0 Å². The maximum absolute atomic E-state index is 6.56. The van der Waals surface area contributed by atoms with Crippen molar-refractivity contribution in [2.45, 2.75) is 0 Å². The fourth-order valence-corrected chi connectivity index (χ4v) is 9.95. The van der Waals surface area contributed by atoms with Crippen LogP contribution in [0.15, 0.2) is 197 Å². The van der Waals surface area contributed by atoms with Crippen molar-refractivity contribution in [1.29, 1.82) is 0 Å². The average Bonchev–Trinajstić information content (AvgIpc) is 3.96. The van der Waals surface area contributed by atoms with Gasteiger partial charge in [0.25, 0.3) is 0 Å². The van der Waals surface area contributed by atoms with Crippen molar-refractivity contribution in [1.82, 2.24) is 0 Å². The molecule has 0 unspecified atom stereocenters. The van der Waals surface area contributed by atoms with Gasteiger partial charge in [-0.15, -0.1) is 11.3 Å². The number of nitrogens with zero attached hydrogens (tertiary/aromatic N) is 1. The van der Waals surface area contributed by atoms with Gasteiger partial charge in [-0.25, -0.2) is 0 Å². The quantitative estimate of drug-likeness (QED) is 0.176. The topological polar surface area (TPSA) is 29.5 Å². The van der Waals surface area contributed by atoms with E-state index in [0.717, 1.165) is 72.1 Å². The first-order chi connectivity index (χ1) is 27.8. The third-order valence-corrected chi connectivity index (χ3v) is 12.5. The predicted octanol–water partition coefficient (Wildman–Crippen LogP) is 15.8. The van der Waals surface area contributed by atoms with Gasteiger partial charge < -0.3 is 13.7 Å². The van der Waals surface area contributed by atoms with Crippen LogP contribution in [0.2, 0.25) is 0 Å². The highest BCUT2D eigenvalue weighted by molar-refractivity contribution is 7.26. The minimum Gasteiger partial charge on any atom is -0.456 e. The number of hydrogen-bond acceptors (Lipinski definition) is 4. The molecule has 4 heteroatoms. The monoisotopic (exact) mass is 733 g/mol. The summed E-state index contributed by atoms with van der Waals surface area (Å²) in [4.78, 5) is 2.42. The summed E-state index contributed by atoms with van der Waals surface area (Å²) in [6, 6.07) is 67.3. The molecule has 0 saturated carbocycles. The summed E-state index contributed by atoms with van der Waals surface area (Å²) >= 11 is 1.85. The Balaban J connectivity index is 1.07. The van der Waals surface area contributed by atoms with E-state index >= 15 is 0 Å². The molecule has 0 aliphatic rings. The molecule has 0 fully saturated rings. The third-order valence-electron chi connectivity index (χ3n) is 11.3. The second kappa shape index (κ2) is 12.2. The number of rotatable bonds is 5. The maximum Gasteiger partial charge on any atom is 0.147 e. The summed E-state index contributed by atoms with van der Waals surface area (Å²) in [6.07, 6.45) is 0. The molecule has 12 aromatic rings. The van der Waals surface area contributed by atoms with Gasteiger partial charge >= 0.3 is 0 Å². The molecule has 0 aliphatic heterocycles. The number of anilines is 3. The van der Waals surface area contributed by atoms with Crippen LogP contribution < -0.4 is 4.90 Å². The Morgan fingerprint density at radius 1 is 0.393 bits per heavy atom. The van der Waals surface area contributed by atoms with Crippen LogP contribution >= 0.6 is 11.3 Å². The molecule has 0 atom stereocenters. The largest absolute Gasteiger partial charge is 0.456 e. The van der Waals surface area contributed by atoms with Gasteiger partial charge in [-0.1, -0.05) is 127 Å². The summed E-state index contributed by atoms with van der Waals surface area (Å²) in [5.41, 5.74) is 11.3. The van der Waals surface area contributed by atoms with Crippen molar-refractivity contribution >= 4 is 103 Å². The van der Waals surface area contributed by atoms with Crippen LogP contribution in [-0.2, 0) is 0 Å². The molecule has 3 nitrogen and oxygen atoms in total. The van der Waals surface area contributed by atoms with Crippen molar-refractivity contribution in [3.63, 3.8) is 0 Å². The normalized spacial score (nSPS) is 11.9. The van der Waals surface area contributed by atoms with E-state index in [1.54, 1.807) is 0 Å². The molecule has 12 rings (SSSR count). The van der Waals surface area contributed by atoms with Gasteiger partial charge in [0.1, 0.15) is 22.3 Å². The average molecular weight is 734 g/mol. The van der Waals surface area contributed by atoms with Gasteiger partial charge in [-0.05, 0) is 93.7 Å². The van der Waals surface area contributed by atoms with Gasteiger partial charge in [0.2, 0.25) is 0 Å². The summed E-state index contributed by atoms with van der Waals surface area (Å²) in [6.45, 7) is 0. The van der Waals surface area contributed by atoms with Crippen LogP contribution in [-0.4, -0.2) is 0 Å². The highest BCUT2D eigenvalue weighted by atomic mass is 32.1. The Morgan fingerprint density at radius 2 is 1.09 bits per heavy atom. The minimum absolute atomic E-state index is 0.819. The van der Waals surface area contributed by atoms with Crippen LogP contribution in [0, 0.1) is 0 Å². The Morgan fingerprint density at radius 3 is 2.02 bits per heavy atom. The standard InChI is InChI=1S/C52H31NO2S/c1-2-15-37-32(11-1)12-8-18-38(37)33-25-27-35(28-26-33)53(44-21-9-20-43-41-17-4-6-24-48(41)56-52(43)44)36-14-7-13-34(31-36)39-19-10-23-46-49(39)50-47(54-46)30-29-42-40-16-3-5-22-45(40)55-51(42)50/h1-31H. The van der Waals surface area contributed by atoms with Gasteiger partial charge in [0.15, 0.2) is 0 Å². The smallest absolute Gasteiger partial charge is 0.147 e. The molecule has 3 heterocycles. The van der Waals surface area contributed by atoms with E-state index < -0.39 is 0 Å². The molecule has 3 aromatic heterocycles. The van der Waals surface area contributed by atoms with E-state index in [1.165, 1.54) is 42.1 Å². The number of furan rings is 2. The molecule has 0 bridgehead atoms. The first kappa shape index (κ1) is 31.2. The van der Waals surface area contributed by atoms with E-state index in [2.05, 4.69) is 181 Å². The van der Waals surface area contributed by atoms with Gasteiger partial charge in [-0.3, -0.25) is 0 Å². The van der Waals surface area contributed by atoms with Crippen LogP contribution in [0.5, 0.6) is 0 Å². The zero-order valence-electron chi connectivity index (χ0n) is 30.1. The fourth-order valence-electron chi connectivity index (χ4n) is 8.74. The molecule has 0 amide bonds. The predicted molar refractivity (Wildman–Crippen MR) is 237 cm³/mol. The molecule has 0 saturated heterocycles. The number of thiophene rings is 1. The minimum atomic E-state index is 0.819. The summed E-state index contributed by atoms with van der Waals surface area (Å²) in [5.74, 6) is 0. The molecular formula is C52H31NO2S. The molecule has 262 valence electrons. The van der Waals surface area contributed by atoms with Crippen LogP contribution in [0.4, 0.5) is 17.1 Å². The summed E-state index contributed by atoms with van der Waals surface area (Å²) in [5, 5.41) is 9.30. The molecule has 9 aromatic carbocycles. The molecular weight excluding hydrogens is 703 g/mol.